The number of nitrogens with zero attached hydrogens (tertiary/aromatic N) is 1. The molecule has 2 rings (SSSR count). The van der Waals surface area contributed by atoms with Gasteiger partial charge < -0.3 is 5.73 Å². The molecule has 0 radical (unpaired) electrons. The van der Waals surface area contributed by atoms with E-state index in [0.717, 1.165) is 16.5 Å². The summed E-state index contributed by atoms with van der Waals surface area (Å²) in [5.41, 5.74) is 7.97. The fraction of sp³-hybridized carbons (Fsp3) is 0.357. The number of fused-ring (bicyclic) bond motifs is 1. The maximum Gasteiger partial charge on any atom is 0.110 e. The van der Waals surface area contributed by atoms with Gasteiger partial charge in [0, 0.05) is 5.39 Å². The number of aromatic nitrogens is 1. The molecule has 0 aliphatic carbocycles. The number of para-hydroxylation sites is 1. The Kier molecular flexibility index (Phi) is 3.50. The summed E-state index contributed by atoms with van der Waals surface area (Å²) in [5.74, 6) is 0. The Labute approximate surface area is 110 Å². The van der Waals surface area contributed by atoms with E-state index >= 15 is 0 Å². The first-order valence-electron chi connectivity index (χ1n) is 5.80. The van der Waals surface area contributed by atoms with Crippen molar-refractivity contribution in [2.24, 2.45) is 5.73 Å². The molecular formula is C14H17BrN2. The molecule has 90 valence electrons. The average molecular weight is 293 g/mol. The Morgan fingerprint density at radius 1 is 1.29 bits per heavy atom. The van der Waals surface area contributed by atoms with Gasteiger partial charge in [-0.2, -0.15) is 0 Å². The molecule has 0 unspecified atom stereocenters. The summed E-state index contributed by atoms with van der Waals surface area (Å²) < 4.78 is 0.926. The zero-order valence-corrected chi connectivity index (χ0v) is 11.8. The van der Waals surface area contributed by atoms with Crippen molar-refractivity contribution >= 4 is 26.8 Å². The van der Waals surface area contributed by atoms with Gasteiger partial charge in [0.25, 0.3) is 0 Å². The lowest BCUT2D eigenvalue weighted by Crippen LogP contribution is -2.22. The summed E-state index contributed by atoms with van der Waals surface area (Å²) in [6.07, 6.45) is 0.950. The lowest BCUT2D eigenvalue weighted by atomic mass is 9.82. The highest BCUT2D eigenvalue weighted by Crippen LogP contribution is 2.33. The number of pyridine rings is 1. The predicted octanol–water partition coefficient (Wildman–Crippen LogP) is 3.62. The minimum atomic E-state index is 0.0462. The zero-order valence-electron chi connectivity index (χ0n) is 10.2. The molecule has 1 aromatic carbocycles. The quantitative estimate of drug-likeness (QED) is 0.878. The molecule has 0 atom stereocenters. The lowest BCUT2D eigenvalue weighted by molar-refractivity contribution is 0.484. The largest absolute Gasteiger partial charge is 0.330 e. The number of rotatable bonds is 3. The van der Waals surface area contributed by atoms with Crippen LogP contribution in [0.4, 0.5) is 0 Å². The second-order valence-electron chi connectivity index (χ2n) is 4.94. The summed E-state index contributed by atoms with van der Waals surface area (Å²) in [4.78, 5) is 4.60. The molecule has 3 heteroatoms. The van der Waals surface area contributed by atoms with Gasteiger partial charge in [-0.25, -0.2) is 4.98 Å². The third kappa shape index (κ3) is 2.50. The van der Waals surface area contributed by atoms with Crippen molar-refractivity contribution in [1.29, 1.82) is 0 Å². The van der Waals surface area contributed by atoms with Crippen molar-refractivity contribution < 1.29 is 0 Å². The van der Waals surface area contributed by atoms with Crippen LogP contribution in [-0.2, 0) is 5.41 Å². The van der Waals surface area contributed by atoms with E-state index in [1.807, 2.05) is 18.2 Å². The Bertz CT molecular complexity index is 535. The van der Waals surface area contributed by atoms with Crippen LogP contribution in [0.2, 0.25) is 0 Å². The third-order valence-corrected chi connectivity index (χ3v) is 3.78. The molecule has 0 bridgehead atoms. The molecule has 0 aliphatic heterocycles. The number of nitrogens with two attached hydrogens (primary N) is 1. The van der Waals surface area contributed by atoms with Gasteiger partial charge in [0.15, 0.2) is 0 Å². The van der Waals surface area contributed by atoms with E-state index in [1.165, 1.54) is 10.9 Å². The monoisotopic (exact) mass is 292 g/mol. The van der Waals surface area contributed by atoms with Gasteiger partial charge in [-0.1, -0.05) is 32.0 Å². The van der Waals surface area contributed by atoms with Crippen LogP contribution in [0.1, 0.15) is 25.8 Å². The normalized spacial score (nSPS) is 12.0. The molecular weight excluding hydrogens is 276 g/mol. The van der Waals surface area contributed by atoms with E-state index in [4.69, 9.17) is 5.73 Å². The standard InChI is InChI=1S/C14H17BrN2/c1-14(2,7-8-16)11-9-10-5-3-4-6-12(10)17-13(11)15/h3-6,9H,7-8,16H2,1-2H3. The van der Waals surface area contributed by atoms with Crippen molar-refractivity contribution in [2.75, 3.05) is 6.54 Å². The molecule has 0 saturated heterocycles. The van der Waals surface area contributed by atoms with Crippen LogP contribution < -0.4 is 5.73 Å². The van der Waals surface area contributed by atoms with Crippen LogP contribution in [0.15, 0.2) is 34.9 Å². The molecule has 0 spiro atoms. The number of halogens is 1. The van der Waals surface area contributed by atoms with Crippen LogP contribution >= 0.6 is 15.9 Å². The van der Waals surface area contributed by atoms with Gasteiger partial charge in [-0.05, 0) is 52.0 Å². The molecule has 0 aliphatic rings. The van der Waals surface area contributed by atoms with Crippen molar-refractivity contribution in [3.63, 3.8) is 0 Å². The molecule has 1 heterocycles. The maximum absolute atomic E-state index is 5.68. The number of benzene rings is 1. The molecule has 0 saturated carbocycles. The second-order valence-corrected chi connectivity index (χ2v) is 5.69. The van der Waals surface area contributed by atoms with Crippen LogP contribution in [0.25, 0.3) is 10.9 Å². The molecule has 2 nitrogen and oxygen atoms in total. The molecule has 0 amide bonds. The highest BCUT2D eigenvalue weighted by molar-refractivity contribution is 9.10. The average Bonchev–Trinajstić information content (AvgIpc) is 2.27. The first-order valence-corrected chi connectivity index (χ1v) is 6.60. The Morgan fingerprint density at radius 2 is 2.00 bits per heavy atom. The van der Waals surface area contributed by atoms with Gasteiger partial charge >= 0.3 is 0 Å². The summed E-state index contributed by atoms with van der Waals surface area (Å²) in [6, 6.07) is 10.4. The molecule has 2 N–H and O–H groups in total. The van der Waals surface area contributed by atoms with E-state index in [2.05, 4.69) is 46.9 Å². The van der Waals surface area contributed by atoms with Crippen LogP contribution in [0.3, 0.4) is 0 Å². The Balaban J connectivity index is 2.58. The highest BCUT2D eigenvalue weighted by atomic mass is 79.9. The van der Waals surface area contributed by atoms with E-state index < -0.39 is 0 Å². The summed E-state index contributed by atoms with van der Waals surface area (Å²) >= 11 is 3.57. The lowest BCUT2D eigenvalue weighted by Gasteiger charge is -2.25. The van der Waals surface area contributed by atoms with Crippen molar-refractivity contribution in [1.82, 2.24) is 4.98 Å². The topological polar surface area (TPSA) is 38.9 Å². The van der Waals surface area contributed by atoms with Crippen molar-refractivity contribution in [3.05, 3.63) is 40.5 Å². The maximum atomic E-state index is 5.68. The molecule has 1 aromatic heterocycles. The summed E-state index contributed by atoms with van der Waals surface area (Å²) in [6.45, 7) is 5.10. The van der Waals surface area contributed by atoms with Crippen LogP contribution in [0.5, 0.6) is 0 Å². The van der Waals surface area contributed by atoms with Crippen LogP contribution in [0, 0.1) is 0 Å². The molecule has 2 aromatic rings. The van der Waals surface area contributed by atoms with Gasteiger partial charge in [0.05, 0.1) is 5.52 Å². The first-order chi connectivity index (χ1) is 8.04. The SMILES string of the molecule is CC(C)(CCN)c1cc2ccccc2nc1Br. The van der Waals surface area contributed by atoms with Gasteiger partial charge in [0.2, 0.25) is 0 Å². The third-order valence-electron chi connectivity index (χ3n) is 3.18. The highest BCUT2D eigenvalue weighted by Gasteiger charge is 2.23. The number of hydrogen-bond donors (Lipinski definition) is 1. The van der Waals surface area contributed by atoms with Gasteiger partial charge in [-0.15, -0.1) is 0 Å². The predicted molar refractivity (Wildman–Crippen MR) is 76.1 cm³/mol. The molecule has 0 fully saturated rings. The Hall–Kier alpha value is -0.930. The van der Waals surface area contributed by atoms with Crippen LogP contribution in [-0.4, -0.2) is 11.5 Å². The fourth-order valence-corrected chi connectivity index (χ4v) is 2.90. The number of hydrogen-bond acceptors (Lipinski definition) is 2. The summed E-state index contributed by atoms with van der Waals surface area (Å²) in [5, 5.41) is 1.18. The van der Waals surface area contributed by atoms with E-state index in [9.17, 15) is 0 Å². The minimum Gasteiger partial charge on any atom is -0.330 e. The van der Waals surface area contributed by atoms with E-state index in [1.54, 1.807) is 0 Å². The first kappa shape index (κ1) is 12.5. The molecule has 17 heavy (non-hydrogen) atoms. The minimum absolute atomic E-state index is 0.0462. The van der Waals surface area contributed by atoms with Crippen molar-refractivity contribution in [3.8, 4) is 0 Å². The van der Waals surface area contributed by atoms with Gasteiger partial charge in [0.1, 0.15) is 4.60 Å². The fourth-order valence-electron chi connectivity index (χ4n) is 2.06. The second kappa shape index (κ2) is 4.75. The van der Waals surface area contributed by atoms with Gasteiger partial charge in [-0.3, -0.25) is 0 Å². The van der Waals surface area contributed by atoms with Crippen molar-refractivity contribution in [2.45, 2.75) is 25.7 Å². The summed E-state index contributed by atoms with van der Waals surface area (Å²) in [7, 11) is 0. The van der Waals surface area contributed by atoms with E-state index in [-0.39, 0.29) is 5.41 Å². The zero-order chi connectivity index (χ0) is 12.5. The smallest absolute Gasteiger partial charge is 0.110 e. The Morgan fingerprint density at radius 3 is 2.71 bits per heavy atom. The van der Waals surface area contributed by atoms with E-state index in [0.29, 0.717) is 6.54 Å².